The van der Waals surface area contributed by atoms with Gasteiger partial charge in [-0.2, -0.15) is 0 Å². The minimum absolute atomic E-state index is 0.148. The highest BCUT2D eigenvalue weighted by Gasteiger charge is 2.76. The molecule has 4 amide bonds. The molecule has 0 aromatic heterocycles. The molecule has 0 bridgehead atoms. The van der Waals surface area contributed by atoms with Crippen LogP contribution in [0, 0.1) is 17.8 Å². The molecule has 1 saturated carbocycles. The number of carbonyl (C=O) groups excluding carboxylic acids is 4. The van der Waals surface area contributed by atoms with E-state index in [1.54, 1.807) is 51.5 Å². The molecule has 2 heterocycles. The molecule has 6 atom stereocenters. The van der Waals surface area contributed by atoms with Gasteiger partial charge in [-0.1, -0.05) is 64.0 Å². The minimum atomic E-state index is -2.04. The van der Waals surface area contributed by atoms with Crippen LogP contribution in [0.1, 0.15) is 42.4 Å². The third kappa shape index (κ3) is 5.26. The Bertz CT molecular complexity index is 2050. The topological polar surface area (TPSA) is 123 Å². The number of amides is 4. The molecule has 0 radical (unpaired) electrons. The van der Waals surface area contributed by atoms with Crippen LogP contribution in [0.5, 0.6) is 23.0 Å². The largest absolute Gasteiger partial charge is 0.504 e. The van der Waals surface area contributed by atoms with Crippen LogP contribution in [-0.4, -0.2) is 69.7 Å². The highest BCUT2D eigenvalue weighted by atomic mass is 79.9. The number of para-hydroxylation sites is 1. The fourth-order valence-corrected chi connectivity index (χ4v) is 9.70. The van der Waals surface area contributed by atoms with Crippen molar-refractivity contribution in [3.8, 4) is 23.0 Å². The normalized spacial score (nSPS) is 28.2. The number of anilines is 1. The van der Waals surface area contributed by atoms with Gasteiger partial charge < -0.3 is 19.3 Å². The lowest BCUT2D eigenvalue weighted by molar-refractivity contribution is -0.138. The Labute approximate surface area is 319 Å². The number of hydrogen-bond acceptors (Lipinski definition) is 8. The molecule has 3 aromatic carbocycles. The van der Waals surface area contributed by atoms with Crippen LogP contribution in [0.25, 0.3) is 12.2 Å². The van der Waals surface area contributed by atoms with E-state index in [2.05, 4.69) is 15.9 Å². The zero-order valence-electron chi connectivity index (χ0n) is 28.5. The summed E-state index contributed by atoms with van der Waals surface area (Å²) >= 11 is 17.9. The monoisotopic (exact) mass is 808 g/mol. The lowest BCUT2D eigenvalue weighted by atomic mass is 9.56. The van der Waals surface area contributed by atoms with Crippen LogP contribution >= 0.6 is 39.1 Å². The number of allylic oxidation sites excluding steroid dienone is 2. The summed E-state index contributed by atoms with van der Waals surface area (Å²) in [5.74, 6) is -4.40. The number of aromatic hydroxyl groups is 1. The number of methoxy groups -OCH3 is 2. The lowest BCUT2D eigenvalue weighted by Gasteiger charge is -2.50. The van der Waals surface area contributed by atoms with Gasteiger partial charge in [0.05, 0.1) is 43.8 Å². The van der Waals surface area contributed by atoms with E-state index in [0.717, 1.165) is 16.0 Å². The van der Waals surface area contributed by atoms with Crippen LogP contribution in [-0.2, 0) is 19.2 Å². The zero-order valence-corrected chi connectivity index (χ0v) is 31.6. The van der Waals surface area contributed by atoms with Crippen molar-refractivity contribution in [3.05, 3.63) is 89.0 Å². The Morgan fingerprint density at radius 2 is 1.67 bits per heavy atom. The number of likely N-dealkylation sites (tertiary alicyclic amines) is 1. The van der Waals surface area contributed by atoms with Crippen LogP contribution in [0.4, 0.5) is 5.69 Å². The predicted molar refractivity (Wildman–Crippen MR) is 200 cm³/mol. The molecule has 2 aliphatic heterocycles. The average molecular weight is 811 g/mol. The maximum atomic E-state index is 14.4. The Morgan fingerprint density at radius 1 is 0.923 bits per heavy atom. The second-order valence-corrected chi connectivity index (χ2v) is 14.9. The van der Waals surface area contributed by atoms with Crippen molar-refractivity contribution in [2.24, 2.45) is 17.8 Å². The molecular formula is C39H35BrCl2N2O8. The van der Waals surface area contributed by atoms with Gasteiger partial charge in [0, 0.05) is 17.0 Å². The summed E-state index contributed by atoms with van der Waals surface area (Å²) in [5.41, 5.74) is 2.70. The SMILES string of the molecule is CCOc1cccc([C@H]2C3=CC[C@@H]4C(=O)N(c5ccc(C=Cc6cc(OC)ccc6OC)cc5)C(=O)[C@@H]4[C@@H]3C[C@@]3(Cl)C(=O)N(CBr)C(=O)[C@@]23Cl)c1O. The first-order valence-corrected chi connectivity index (χ1v) is 18.7. The van der Waals surface area contributed by atoms with Gasteiger partial charge in [-0.15, -0.1) is 23.2 Å². The van der Waals surface area contributed by atoms with Gasteiger partial charge in [0.2, 0.25) is 11.8 Å². The standard InChI is InChI=1S/C39H35BrCl2N2O8/c1-4-52-30-7-5-6-27(33(30)45)32-25-15-16-26-31(28(25)19-38(41)36(48)43(20-40)37(49)39(32,38)42)35(47)44(34(26)46)23-12-9-21(10-13-23)8-11-22-18-24(50-2)14-17-29(22)51-3/h5-15,17-18,26,28,31-32,45H,4,16,19-20H2,1-3H3/t26-,28+,31-,32+,38+,39-/m0/s1. The Kier molecular flexibility index (Phi) is 9.42. The van der Waals surface area contributed by atoms with Gasteiger partial charge in [-0.05, 0) is 67.6 Å². The van der Waals surface area contributed by atoms with E-state index in [4.69, 9.17) is 37.4 Å². The van der Waals surface area contributed by atoms with E-state index in [9.17, 15) is 24.3 Å². The van der Waals surface area contributed by atoms with Crippen LogP contribution in [0.2, 0.25) is 0 Å². The number of fused-ring (bicyclic) bond motifs is 4. The first-order valence-electron chi connectivity index (χ1n) is 16.8. The number of alkyl halides is 3. The van der Waals surface area contributed by atoms with Crippen molar-refractivity contribution >= 4 is 80.6 Å². The molecule has 0 spiro atoms. The molecule has 0 unspecified atom stereocenters. The summed E-state index contributed by atoms with van der Waals surface area (Å²) in [7, 11) is 3.18. The molecule has 52 heavy (non-hydrogen) atoms. The Hall–Kier alpha value is -4.32. The van der Waals surface area contributed by atoms with Crippen molar-refractivity contribution in [1.29, 1.82) is 0 Å². The van der Waals surface area contributed by atoms with Crippen LogP contribution < -0.4 is 19.1 Å². The highest BCUT2D eigenvalue weighted by molar-refractivity contribution is 9.09. The van der Waals surface area contributed by atoms with E-state index in [1.165, 1.54) is 4.90 Å². The van der Waals surface area contributed by atoms with Crippen molar-refractivity contribution in [2.75, 3.05) is 31.2 Å². The van der Waals surface area contributed by atoms with Gasteiger partial charge in [0.15, 0.2) is 21.2 Å². The van der Waals surface area contributed by atoms with Crippen molar-refractivity contribution in [2.45, 2.75) is 35.4 Å². The summed E-state index contributed by atoms with van der Waals surface area (Å²) in [4.78, 5) is 54.6. The van der Waals surface area contributed by atoms with Gasteiger partial charge in [-0.25, -0.2) is 0 Å². The maximum Gasteiger partial charge on any atom is 0.254 e. The molecule has 4 aliphatic rings. The molecule has 2 aliphatic carbocycles. The molecule has 1 N–H and O–H groups in total. The number of phenols is 1. The fraction of sp³-hybridized carbons (Fsp3) is 0.333. The first-order chi connectivity index (χ1) is 24.9. The molecule has 270 valence electrons. The van der Waals surface area contributed by atoms with Crippen molar-refractivity contribution in [1.82, 2.24) is 4.90 Å². The third-order valence-electron chi connectivity index (χ3n) is 10.7. The molecular weight excluding hydrogens is 775 g/mol. The molecule has 13 heteroatoms. The third-order valence-corrected chi connectivity index (χ3v) is 12.6. The number of hydrogen-bond donors (Lipinski definition) is 1. The van der Waals surface area contributed by atoms with Crippen molar-refractivity contribution in [3.63, 3.8) is 0 Å². The number of halogens is 3. The Morgan fingerprint density at radius 3 is 2.35 bits per heavy atom. The maximum absolute atomic E-state index is 14.4. The summed E-state index contributed by atoms with van der Waals surface area (Å²) in [6.45, 7) is 2.03. The van der Waals surface area contributed by atoms with E-state index < -0.39 is 51.1 Å². The molecule has 3 aromatic rings. The lowest BCUT2D eigenvalue weighted by Crippen LogP contribution is -2.60. The van der Waals surface area contributed by atoms with Gasteiger partial charge in [0.1, 0.15) is 11.5 Å². The molecule has 10 nitrogen and oxygen atoms in total. The zero-order chi connectivity index (χ0) is 37.1. The minimum Gasteiger partial charge on any atom is -0.504 e. The van der Waals surface area contributed by atoms with E-state index >= 15 is 0 Å². The predicted octanol–water partition coefficient (Wildman–Crippen LogP) is 6.89. The first kappa shape index (κ1) is 36.1. The number of carbonyl (C=O) groups is 4. The smallest absolute Gasteiger partial charge is 0.254 e. The summed E-state index contributed by atoms with van der Waals surface area (Å²) in [6.07, 6.45) is 5.63. The number of imide groups is 2. The highest BCUT2D eigenvalue weighted by Crippen LogP contribution is 2.66. The van der Waals surface area contributed by atoms with Gasteiger partial charge >= 0.3 is 0 Å². The number of phenolic OH excluding ortho intramolecular Hbond substituents is 1. The van der Waals surface area contributed by atoms with Crippen LogP contribution in [0.3, 0.4) is 0 Å². The second kappa shape index (κ2) is 13.6. The molecule has 3 fully saturated rings. The van der Waals surface area contributed by atoms with E-state index in [-0.39, 0.29) is 47.9 Å². The molecule has 7 rings (SSSR count). The number of nitrogens with zero attached hydrogens (tertiary/aromatic N) is 2. The quantitative estimate of drug-likeness (QED) is 0.0816. The number of benzene rings is 3. The second-order valence-electron chi connectivity index (χ2n) is 13.2. The van der Waals surface area contributed by atoms with E-state index in [0.29, 0.717) is 22.8 Å². The van der Waals surface area contributed by atoms with Gasteiger partial charge in [0.25, 0.3) is 11.8 Å². The van der Waals surface area contributed by atoms with E-state index in [1.807, 2.05) is 48.6 Å². The van der Waals surface area contributed by atoms with Gasteiger partial charge in [-0.3, -0.25) is 29.0 Å². The van der Waals surface area contributed by atoms with Crippen molar-refractivity contribution < 1.29 is 38.5 Å². The number of ether oxygens (including phenoxy) is 3. The summed E-state index contributed by atoms with van der Waals surface area (Å²) in [5, 5.41) is 11.5. The van der Waals surface area contributed by atoms with Crippen LogP contribution in [0.15, 0.2) is 72.3 Å². The fourth-order valence-electron chi connectivity index (χ4n) is 8.29. The Balaban J connectivity index is 1.25. The average Bonchev–Trinajstić information content (AvgIpc) is 3.49. The summed E-state index contributed by atoms with van der Waals surface area (Å²) in [6, 6.07) is 17.4. The molecule has 2 saturated heterocycles. The number of rotatable bonds is 9. The summed E-state index contributed by atoms with van der Waals surface area (Å²) < 4.78 is 16.5.